The quantitative estimate of drug-likeness (QED) is 0.808. The Morgan fingerprint density at radius 3 is 2.41 bits per heavy atom. The van der Waals surface area contributed by atoms with E-state index in [9.17, 15) is 13.5 Å². The van der Waals surface area contributed by atoms with Gasteiger partial charge in [0, 0.05) is 6.54 Å². The number of benzene rings is 1. The van der Waals surface area contributed by atoms with E-state index in [-0.39, 0.29) is 12.3 Å². The summed E-state index contributed by atoms with van der Waals surface area (Å²) in [6, 6.07) is 7.38. The fourth-order valence-electron chi connectivity index (χ4n) is 1.45. The van der Waals surface area contributed by atoms with E-state index in [1.165, 1.54) is 0 Å². The minimum absolute atomic E-state index is 0.0192. The van der Waals surface area contributed by atoms with Gasteiger partial charge in [-0.25, -0.2) is 13.1 Å². The summed E-state index contributed by atoms with van der Waals surface area (Å²) in [6.45, 7) is 3.78. The Kier molecular flexibility index (Phi) is 5.11. The summed E-state index contributed by atoms with van der Waals surface area (Å²) < 4.78 is 25.2. The van der Waals surface area contributed by atoms with Gasteiger partial charge in [-0.2, -0.15) is 0 Å². The van der Waals surface area contributed by atoms with E-state index in [4.69, 9.17) is 0 Å². The van der Waals surface area contributed by atoms with Crippen LogP contribution in [0.25, 0.3) is 0 Å². The molecule has 2 N–H and O–H groups in total. The third-order valence-corrected chi connectivity index (χ3v) is 3.98. The molecule has 0 aliphatic carbocycles. The summed E-state index contributed by atoms with van der Waals surface area (Å²) in [7, 11) is -3.25. The molecular formula is C12H19NO3S. The van der Waals surface area contributed by atoms with Crippen LogP contribution in [0.5, 0.6) is 0 Å². The summed E-state index contributed by atoms with van der Waals surface area (Å²) in [6.07, 6.45) is -0.238. The van der Waals surface area contributed by atoms with Crippen molar-refractivity contribution in [2.24, 2.45) is 0 Å². The van der Waals surface area contributed by atoms with Crippen LogP contribution in [0.4, 0.5) is 0 Å². The van der Waals surface area contributed by atoms with Crippen LogP contribution in [-0.2, 0) is 10.0 Å². The lowest BCUT2D eigenvalue weighted by atomic mass is 10.1. The van der Waals surface area contributed by atoms with Crippen LogP contribution in [0.2, 0.25) is 0 Å². The molecule has 1 unspecified atom stereocenters. The number of rotatable bonds is 6. The third kappa shape index (κ3) is 4.85. The van der Waals surface area contributed by atoms with Crippen LogP contribution in [0.3, 0.4) is 0 Å². The van der Waals surface area contributed by atoms with Gasteiger partial charge in [0.25, 0.3) is 0 Å². The van der Waals surface area contributed by atoms with Crippen LogP contribution in [0.1, 0.15) is 30.6 Å². The lowest BCUT2D eigenvalue weighted by Gasteiger charge is -2.12. The lowest BCUT2D eigenvalue weighted by molar-refractivity contribution is 0.182. The maximum Gasteiger partial charge on any atom is 0.211 e. The highest BCUT2D eigenvalue weighted by atomic mass is 32.2. The second kappa shape index (κ2) is 6.14. The van der Waals surface area contributed by atoms with Gasteiger partial charge in [0.1, 0.15) is 0 Å². The largest absolute Gasteiger partial charge is 0.387 e. The fourth-order valence-corrected chi connectivity index (χ4v) is 2.55. The van der Waals surface area contributed by atoms with Crippen LogP contribution in [0, 0.1) is 6.92 Å². The number of aryl methyl sites for hydroxylation is 1. The van der Waals surface area contributed by atoms with E-state index < -0.39 is 16.1 Å². The van der Waals surface area contributed by atoms with E-state index in [1.54, 1.807) is 19.1 Å². The predicted octanol–water partition coefficient (Wildman–Crippen LogP) is 1.36. The van der Waals surface area contributed by atoms with Gasteiger partial charge in [-0.05, 0) is 18.9 Å². The smallest absolute Gasteiger partial charge is 0.211 e. The van der Waals surface area contributed by atoms with Crippen molar-refractivity contribution in [3.8, 4) is 0 Å². The van der Waals surface area contributed by atoms with Crippen molar-refractivity contribution in [3.63, 3.8) is 0 Å². The summed E-state index contributed by atoms with van der Waals surface area (Å²) in [5, 5.41) is 9.82. The fraction of sp³-hybridized carbons (Fsp3) is 0.500. The Bertz CT molecular complexity index is 439. The van der Waals surface area contributed by atoms with Gasteiger partial charge < -0.3 is 5.11 Å². The Labute approximate surface area is 103 Å². The van der Waals surface area contributed by atoms with Crippen molar-refractivity contribution >= 4 is 10.0 Å². The molecule has 0 saturated heterocycles. The highest BCUT2D eigenvalue weighted by Crippen LogP contribution is 2.12. The van der Waals surface area contributed by atoms with Crippen molar-refractivity contribution in [3.05, 3.63) is 35.4 Å². The molecule has 0 radical (unpaired) electrons. The first-order chi connectivity index (χ1) is 7.94. The van der Waals surface area contributed by atoms with E-state index in [2.05, 4.69) is 4.72 Å². The van der Waals surface area contributed by atoms with E-state index in [0.29, 0.717) is 6.42 Å². The number of aliphatic hydroxyl groups is 1. The van der Waals surface area contributed by atoms with Crippen molar-refractivity contribution in [1.29, 1.82) is 0 Å². The molecule has 96 valence electrons. The zero-order chi connectivity index (χ0) is 12.9. The average Bonchev–Trinajstić information content (AvgIpc) is 2.27. The van der Waals surface area contributed by atoms with Gasteiger partial charge in [0.05, 0.1) is 11.9 Å². The van der Waals surface area contributed by atoms with E-state index in [0.717, 1.165) is 11.1 Å². The normalized spacial score (nSPS) is 13.6. The number of hydrogen-bond acceptors (Lipinski definition) is 3. The molecule has 0 heterocycles. The SMILES string of the molecule is CCCS(=O)(=O)NCC(O)c1ccc(C)cc1. The molecule has 0 saturated carbocycles. The second-order valence-corrected chi connectivity index (χ2v) is 6.02. The predicted molar refractivity (Wildman–Crippen MR) is 68.2 cm³/mol. The Balaban J connectivity index is 2.55. The molecule has 5 heteroatoms. The monoisotopic (exact) mass is 257 g/mol. The molecule has 1 aromatic carbocycles. The van der Waals surface area contributed by atoms with Crippen molar-refractivity contribution < 1.29 is 13.5 Å². The van der Waals surface area contributed by atoms with Crippen LogP contribution < -0.4 is 4.72 Å². The summed E-state index contributed by atoms with van der Waals surface area (Å²) in [5.41, 5.74) is 1.82. The highest BCUT2D eigenvalue weighted by Gasteiger charge is 2.12. The van der Waals surface area contributed by atoms with Crippen LogP contribution in [-0.4, -0.2) is 25.8 Å². The molecule has 1 atom stereocenters. The molecule has 0 aliphatic rings. The van der Waals surface area contributed by atoms with Gasteiger partial charge in [0.15, 0.2) is 0 Å². The summed E-state index contributed by atoms with van der Waals surface area (Å²) >= 11 is 0. The number of nitrogens with one attached hydrogen (secondary N) is 1. The zero-order valence-electron chi connectivity index (χ0n) is 10.2. The molecule has 1 aromatic rings. The number of aliphatic hydroxyl groups excluding tert-OH is 1. The maximum atomic E-state index is 11.4. The topological polar surface area (TPSA) is 66.4 Å². The number of hydrogen-bond donors (Lipinski definition) is 2. The Hall–Kier alpha value is -0.910. The standard InChI is InChI=1S/C12H19NO3S/c1-3-8-17(15,16)13-9-12(14)11-6-4-10(2)5-7-11/h4-7,12-14H,3,8-9H2,1-2H3. The first-order valence-corrected chi connectivity index (χ1v) is 7.32. The first-order valence-electron chi connectivity index (χ1n) is 5.66. The van der Waals surface area contributed by atoms with Crippen molar-refractivity contribution in [1.82, 2.24) is 4.72 Å². The highest BCUT2D eigenvalue weighted by molar-refractivity contribution is 7.89. The van der Waals surface area contributed by atoms with Crippen molar-refractivity contribution in [2.75, 3.05) is 12.3 Å². The summed E-state index contributed by atoms with van der Waals surface area (Å²) in [4.78, 5) is 0. The average molecular weight is 257 g/mol. The van der Waals surface area contributed by atoms with Gasteiger partial charge in [-0.1, -0.05) is 36.8 Å². The Morgan fingerprint density at radius 1 is 1.29 bits per heavy atom. The van der Waals surface area contributed by atoms with E-state index in [1.807, 2.05) is 19.1 Å². The Morgan fingerprint density at radius 2 is 1.88 bits per heavy atom. The molecule has 0 bridgehead atoms. The molecular weight excluding hydrogens is 238 g/mol. The van der Waals surface area contributed by atoms with Crippen molar-refractivity contribution in [2.45, 2.75) is 26.4 Å². The molecule has 0 aliphatic heterocycles. The minimum atomic E-state index is -3.25. The van der Waals surface area contributed by atoms with E-state index >= 15 is 0 Å². The minimum Gasteiger partial charge on any atom is -0.387 e. The molecule has 4 nitrogen and oxygen atoms in total. The second-order valence-electron chi connectivity index (χ2n) is 4.09. The first kappa shape index (κ1) is 14.2. The third-order valence-electron chi connectivity index (χ3n) is 2.43. The molecule has 0 fully saturated rings. The maximum absolute atomic E-state index is 11.4. The number of sulfonamides is 1. The van der Waals surface area contributed by atoms with Gasteiger partial charge in [-0.3, -0.25) is 0 Å². The van der Waals surface area contributed by atoms with Gasteiger partial charge in [-0.15, -0.1) is 0 Å². The van der Waals surface area contributed by atoms with Gasteiger partial charge in [0.2, 0.25) is 10.0 Å². The molecule has 1 rings (SSSR count). The molecule has 0 aromatic heterocycles. The molecule has 0 amide bonds. The van der Waals surface area contributed by atoms with Crippen LogP contribution in [0.15, 0.2) is 24.3 Å². The lowest BCUT2D eigenvalue weighted by Crippen LogP contribution is -2.30. The zero-order valence-corrected chi connectivity index (χ0v) is 11.0. The molecule has 0 spiro atoms. The summed E-state index contributed by atoms with van der Waals surface area (Å²) in [5.74, 6) is 0.0909. The van der Waals surface area contributed by atoms with Gasteiger partial charge >= 0.3 is 0 Å². The molecule has 17 heavy (non-hydrogen) atoms. The van der Waals surface area contributed by atoms with Crippen LogP contribution >= 0.6 is 0 Å².